The van der Waals surface area contributed by atoms with Crippen molar-refractivity contribution in [3.63, 3.8) is 0 Å². The van der Waals surface area contributed by atoms with Crippen LogP contribution >= 0.6 is 0 Å². The number of aryl methyl sites for hydroxylation is 1. The molecule has 0 bridgehead atoms. The third kappa shape index (κ3) is 6.09. The van der Waals surface area contributed by atoms with Crippen LogP contribution in [0.5, 0.6) is 5.75 Å². The summed E-state index contributed by atoms with van der Waals surface area (Å²) in [5.74, 6) is -0.975. The number of carbonyl (C=O) groups excluding carboxylic acids is 2. The molecule has 162 valence electrons. The molecule has 1 aliphatic heterocycles. The summed E-state index contributed by atoms with van der Waals surface area (Å²) < 4.78 is 31.9. The first kappa shape index (κ1) is 23.0. The standard InChI is InChI=1S/C20H30N2O6S/c1-4-28-19(25)20(2,3)12-8-6-5-7-9-15-10-11-17(23)16(13-15)22-14-18(24)21-29(22,26)27/h10-11,13,23H,4-9,12,14H2,1-3H3,(H,21,24). The summed E-state index contributed by atoms with van der Waals surface area (Å²) in [6.07, 6.45) is 5.26. The topological polar surface area (TPSA) is 113 Å². The van der Waals surface area contributed by atoms with E-state index in [0.717, 1.165) is 48.4 Å². The van der Waals surface area contributed by atoms with Crippen molar-refractivity contribution in [3.05, 3.63) is 23.8 Å². The van der Waals surface area contributed by atoms with Gasteiger partial charge >= 0.3 is 16.2 Å². The summed E-state index contributed by atoms with van der Waals surface area (Å²) in [5, 5.41) is 10.0. The molecule has 2 rings (SSSR count). The molecule has 0 aliphatic carbocycles. The normalized spacial score (nSPS) is 16.0. The molecular weight excluding hydrogens is 396 g/mol. The highest BCUT2D eigenvalue weighted by Crippen LogP contribution is 2.32. The Labute approximate surface area is 172 Å². The smallest absolute Gasteiger partial charge is 0.326 e. The maximum absolute atomic E-state index is 12.0. The van der Waals surface area contributed by atoms with Crippen molar-refractivity contribution in [1.29, 1.82) is 0 Å². The molecule has 1 saturated heterocycles. The van der Waals surface area contributed by atoms with Gasteiger partial charge in [-0.05, 0) is 57.7 Å². The first-order valence-corrected chi connectivity index (χ1v) is 11.3. The second-order valence-electron chi connectivity index (χ2n) is 7.88. The van der Waals surface area contributed by atoms with Gasteiger partial charge in [0.25, 0.3) is 5.91 Å². The lowest BCUT2D eigenvalue weighted by atomic mass is 9.87. The minimum atomic E-state index is -3.95. The molecule has 1 fully saturated rings. The molecule has 1 heterocycles. The largest absolute Gasteiger partial charge is 0.506 e. The van der Waals surface area contributed by atoms with Gasteiger partial charge in [0.2, 0.25) is 0 Å². The van der Waals surface area contributed by atoms with Crippen LogP contribution < -0.4 is 9.03 Å². The van der Waals surface area contributed by atoms with Gasteiger partial charge in [-0.15, -0.1) is 0 Å². The van der Waals surface area contributed by atoms with Crippen LogP contribution in [0.2, 0.25) is 0 Å². The molecule has 1 aliphatic rings. The predicted octanol–water partition coefficient (Wildman–Crippen LogP) is 2.66. The van der Waals surface area contributed by atoms with Crippen molar-refractivity contribution in [2.24, 2.45) is 5.41 Å². The fourth-order valence-electron chi connectivity index (χ4n) is 3.26. The first-order chi connectivity index (χ1) is 13.6. The summed E-state index contributed by atoms with van der Waals surface area (Å²) in [7, 11) is -3.95. The molecule has 1 aromatic rings. The Hall–Kier alpha value is -2.29. The van der Waals surface area contributed by atoms with E-state index in [1.807, 2.05) is 18.6 Å². The van der Waals surface area contributed by atoms with Crippen molar-refractivity contribution < 1.29 is 27.9 Å². The number of rotatable bonds is 10. The van der Waals surface area contributed by atoms with E-state index in [2.05, 4.69) is 0 Å². The van der Waals surface area contributed by atoms with Crippen molar-refractivity contribution in [2.45, 2.75) is 59.3 Å². The Bertz CT molecular complexity index is 851. The Morgan fingerprint density at radius 3 is 2.55 bits per heavy atom. The summed E-state index contributed by atoms with van der Waals surface area (Å²) >= 11 is 0. The number of unbranched alkanes of at least 4 members (excludes halogenated alkanes) is 3. The number of hydrogen-bond acceptors (Lipinski definition) is 6. The van der Waals surface area contributed by atoms with Crippen molar-refractivity contribution in [3.8, 4) is 5.75 Å². The zero-order valence-electron chi connectivity index (χ0n) is 17.2. The van der Waals surface area contributed by atoms with E-state index in [0.29, 0.717) is 6.61 Å². The Morgan fingerprint density at radius 1 is 1.24 bits per heavy atom. The van der Waals surface area contributed by atoms with E-state index in [-0.39, 0.29) is 24.0 Å². The van der Waals surface area contributed by atoms with Gasteiger partial charge in [0.1, 0.15) is 12.3 Å². The van der Waals surface area contributed by atoms with Crippen molar-refractivity contribution in [1.82, 2.24) is 4.72 Å². The SMILES string of the molecule is CCOC(=O)C(C)(C)CCCCCCc1ccc(O)c(N2CC(=O)NS2(=O)=O)c1. The van der Waals surface area contributed by atoms with Crippen molar-refractivity contribution >= 4 is 27.8 Å². The number of nitrogens with one attached hydrogen (secondary N) is 1. The molecule has 0 saturated carbocycles. The molecule has 9 heteroatoms. The molecule has 29 heavy (non-hydrogen) atoms. The monoisotopic (exact) mass is 426 g/mol. The number of phenolic OH excluding ortho intramolecular Hbond substituents is 1. The van der Waals surface area contributed by atoms with Gasteiger partial charge in [-0.2, -0.15) is 8.42 Å². The van der Waals surface area contributed by atoms with Gasteiger partial charge in [0.15, 0.2) is 0 Å². The summed E-state index contributed by atoms with van der Waals surface area (Å²) in [5.41, 5.74) is 0.519. The molecule has 0 radical (unpaired) electrons. The van der Waals surface area contributed by atoms with E-state index in [1.165, 1.54) is 6.07 Å². The molecule has 0 atom stereocenters. The minimum Gasteiger partial charge on any atom is -0.506 e. The highest BCUT2D eigenvalue weighted by molar-refractivity contribution is 7.92. The van der Waals surface area contributed by atoms with Crippen LogP contribution in [-0.4, -0.2) is 38.6 Å². The number of benzene rings is 1. The van der Waals surface area contributed by atoms with Crippen LogP contribution in [0.4, 0.5) is 5.69 Å². The number of amides is 1. The summed E-state index contributed by atoms with van der Waals surface area (Å²) in [6, 6.07) is 4.81. The number of esters is 1. The van der Waals surface area contributed by atoms with Crippen LogP contribution in [0, 0.1) is 5.41 Å². The molecule has 2 N–H and O–H groups in total. The number of carbonyl (C=O) groups is 2. The predicted molar refractivity (Wildman–Crippen MR) is 110 cm³/mol. The zero-order chi connectivity index (χ0) is 21.7. The Balaban J connectivity index is 1.83. The van der Waals surface area contributed by atoms with E-state index in [9.17, 15) is 23.1 Å². The minimum absolute atomic E-state index is 0.108. The van der Waals surface area contributed by atoms with Gasteiger partial charge in [-0.3, -0.25) is 9.59 Å². The molecule has 0 aromatic heterocycles. The quantitative estimate of drug-likeness (QED) is 0.439. The first-order valence-electron chi connectivity index (χ1n) is 9.89. The number of phenols is 1. The van der Waals surface area contributed by atoms with Gasteiger partial charge in [-0.1, -0.05) is 25.3 Å². The van der Waals surface area contributed by atoms with E-state index in [4.69, 9.17) is 4.74 Å². The Morgan fingerprint density at radius 2 is 1.93 bits per heavy atom. The maximum Gasteiger partial charge on any atom is 0.326 e. The molecule has 0 unspecified atom stereocenters. The fourth-order valence-corrected chi connectivity index (χ4v) is 4.42. The number of aromatic hydroxyl groups is 1. The number of nitrogens with zero attached hydrogens (tertiary/aromatic N) is 1. The highest BCUT2D eigenvalue weighted by atomic mass is 32.2. The van der Waals surface area contributed by atoms with Crippen LogP contribution in [0.15, 0.2) is 18.2 Å². The second kappa shape index (κ2) is 9.47. The molecule has 1 amide bonds. The maximum atomic E-state index is 12.0. The van der Waals surface area contributed by atoms with Crippen LogP contribution in [0.1, 0.15) is 58.4 Å². The number of hydrogen-bond donors (Lipinski definition) is 2. The van der Waals surface area contributed by atoms with Crippen LogP contribution in [0.3, 0.4) is 0 Å². The molecular formula is C20H30N2O6S. The lowest BCUT2D eigenvalue weighted by molar-refractivity contribution is -0.153. The fraction of sp³-hybridized carbons (Fsp3) is 0.600. The lowest BCUT2D eigenvalue weighted by Crippen LogP contribution is -2.29. The van der Waals surface area contributed by atoms with E-state index < -0.39 is 21.5 Å². The number of ether oxygens (including phenoxy) is 1. The van der Waals surface area contributed by atoms with Gasteiger partial charge < -0.3 is 9.84 Å². The third-order valence-electron chi connectivity index (χ3n) is 4.97. The van der Waals surface area contributed by atoms with E-state index >= 15 is 0 Å². The highest BCUT2D eigenvalue weighted by Gasteiger charge is 2.35. The molecule has 0 spiro atoms. The van der Waals surface area contributed by atoms with E-state index in [1.54, 1.807) is 19.1 Å². The zero-order valence-corrected chi connectivity index (χ0v) is 18.0. The number of anilines is 1. The van der Waals surface area contributed by atoms with Gasteiger partial charge in [0.05, 0.1) is 17.7 Å². The van der Waals surface area contributed by atoms with Crippen molar-refractivity contribution in [2.75, 3.05) is 17.5 Å². The Kier molecular flexibility index (Phi) is 7.51. The molecule has 1 aromatic carbocycles. The lowest BCUT2D eigenvalue weighted by Gasteiger charge is -2.22. The summed E-state index contributed by atoms with van der Waals surface area (Å²) in [4.78, 5) is 23.3. The summed E-state index contributed by atoms with van der Waals surface area (Å²) in [6.45, 7) is 5.65. The van der Waals surface area contributed by atoms with Crippen LogP contribution in [-0.2, 0) is 31.0 Å². The van der Waals surface area contributed by atoms with Gasteiger partial charge in [0, 0.05) is 0 Å². The average Bonchev–Trinajstić information content (AvgIpc) is 2.91. The average molecular weight is 427 g/mol. The second-order valence-corrected chi connectivity index (χ2v) is 9.47. The molecule has 8 nitrogen and oxygen atoms in total. The third-order valence-corrected chi connectivity index (χ3v) is 6.37. The van der Waals surface area contributed by atoms with Gasteiger partial charge in [-0.25, -0.2) is 9.03 Å². The van der Waals surface area contributed by atoms with Crippen LogP contribution in [0.25, 0.3) is 0 Å².